The highest BCUT2D eigenvalue weighted by Gasteiger charge is 2.54. The Kier molecular flexibility index (Phi) is 8.85. The normalized spacial score (nSPS) is 18.0. The summed E-state index contributed by atoms with van der Waals surface area (Å²) >= 11 is 2.04. The molecule has 0 radical (unpaired) electrons. The number of nitrogens with two attached hydrogens (primary N) is 1. The molecule has 8 N–H and O–H groups in total. The van der Waals surface area contributed by atoms with Crippen LogP contribution in [0.1, 0.15) is 11.3 Å². The van der Waals surface area contributed by atoms with Crippen molar-refractivity contribution in [3.8, 4) is 23.0 Å². The molecule has 0 bridgehead atoms. The summed E-state index contributed by atoms with van der Waals surface area (Å²) in [5.74, 6) is -5.09. The van der Waals surface area contributed by atoms with E-state index < -0.39 is 68.1 Å². The molecule has 46 heavy (non-hydrogen) atoms. The second kappa shape index (κ2) is 12.7. The molecule has 1 fully saturated rings. The summed E-state index contributed by atoms with van der Waals surface area (Å²) < 4.78 is 30.9. The maximum Gasteiger partial charge on any atom is 0.512 e. The van der Waals surface area contributed by atoms with Gasteiger partial charge in [0.1, 0.15) is 23.7 Å². The second-order valence-corrected chi connectivity index (χ2v) is 13.6. The summed E-state index contributed by atoms with van der Waals surface area (Å²) in [6.07, 6.45) is -1.81. The smallest absolute Gasteiger partial charge is 0.504 e. The Morgan fingerprint density at radius 3 is 2.41 bits per heavy atom. The number of nitrogens with zero attached hydrogens (tertiary/aromatic N) is 3. The minimum Gasteiger partial charge on any atom is -0.504 e. The molecule has 2 amide bonds. The van der Waals surface area contributed by atoms with Crippen molar-refractivity contribution >= 4 is 61.7 Å². The molecular formula is C26H23N5O12S3. The molecule has 2 aliphatic heterocycles. The number of amides is 2. The number of oxime groups is 1. The molecule has 242 valence electrons. The van der Waals surface area contributed by atoms with Gasteiger partial charge in [-0.05, 0) is 29.8 Å². The first-order valence-electron chi connectivity index (χ1n) is 12.8. The molecule has 1 saturated heterocycles. The average molecular weight is 694 g/mol. The third-order valence-electron chi connectivity index (χ3n) is 6.54. The van der Waals surface area contributed by atoms with Crippen molar-refractivity contribution in [2.75, 3.05) is 17.2 Å². The van der Waals surface area contributed by atoms with Crippen LogP contribution in [0.4, 0.5) is 9.93 Å². The molecule has 5 rings (SSSR count). The van der Waals surface area contributed by atoms with Gasteiger partial charge in [0.2, 0.25) is 5.88 Å². The summed E-state index contributed by atoms with van der Waals surface area (Å²) in [5, 5.41) is 54.7. The number of hydrogen-bond acceptors (Lipinski definition) is 16. The van der Waals surface area contributed by atoms with Crippen LogP contribution in [-0.2, 0) is 35.6 Å². The first kappa shape index (κ1) is 32.2. The molecule has 3 aromatic rings. The number of rotatable bonds is 10. The number of anilines is 1. The number of fused-ring (bicyclic) bond motifs is 1. The summed E-state index contributed by atoms with van der Waals surface area (Å²) in [5.41, 5.74) is 5.71. The van der Waals surface area contributed by atoms with Gasteiger partial charge in [0.15, 0.2) is 43.7 Å². The Hall–Kier alpha value is -5.21. The lowest BCUT2D eigenvalue weighted by Gasteiger charge is -2.49. The van der Waals surface area contributed by atoms with Crippen LogP contribution < -0.4 is 11.1 Å². The second-order valence-electron chi connectivity index (χ2n) is 9.65. The van der Waals surface area contributed by atoms with E-state index in [1.54, 1.807) is 0 Å². The van der Waals surface area contributed by atoms with Crippen molar-refractivity contribution in [1.82, 2.24) is 15.2 Å². The molecule has 1 aromatic heterocycles. The quantitative estimate of drug-likeness (QED) is 0.0518. The minimum atomic E-state index is -4.20. The average Bonchev–Trinajstić information content (AvgIpc) is 3.42. The van der Waals surface area contributed by atoms with E-state index in [9.17, 15) is 48.3 Å². The molecule has 0 aliphatic carbocycles. The van der Waals surface area contributed by atoms with E-state index in [-0.39, 0.29) is 45.1 Å². The Morgan fingerprint density at radius 1 is 1.09 bits per heavy atom. The highest BCUT2D eigenvalue weighted by atomic mass is 32.2. The van der Waals surface area contributed by atoms with Gasteiger partial charge in [-0.1, -0.05) is 11.2 Å². The van der Waals surface area contributed by atoms with E-state index in [1.165, 1.54) is 23.6 Å². The summed E-state index contributed by atoms with van der Waals surface area (Å²) in [6, 6.07) is 5.55. The lowest BCUT2D eigenvalue weighted by Crippen LogP contribution is -2.70. The first-order chi connectivity index (χ1) is 21.7. The number of benzene rings is 2. The van der Waals surface area contributed by atoms with Crippen molar-refractivity contribution in [1.29, 1.82) is 0 Å². The number of β-lactam (4-membered cyclic amide) rings is 1. The zero-order valence-corrected chi connectivity index (χ0v) is 25.5. The number of phenolic OH excluding ortho intramolecular Hbond substituents is 4. The van der Waals surface area contributed by atoms with E-state index in [1.807, 2.05) is 0 Å². The SMILES string of the molecule is Nc1nc(/C(=N/OCc2ccc(O)c(O)c2)C(=O)N[C@@H]2C(=O)N3C(OC(=O)O)=C(CS(=O)(=O)c4ccc(O)c(O)c4)CS[C@H]23)cs1. The van der Waals surface area contributed by atoms with Crippen molar-refractivity contribution in [3.63, 3.8) is 0 Å². The number of hydrogen-bond donors (Lipinski definition) is 7. The number of phenols is 4. The van der Waals surface area contributed by atoms with Crippen LogP contribution >= 0.6 is 23.1 Å². The number of carbonyl (C=O) groups is 3. The first-order valence-corrected chi connectivity index (χ1v) is 16.4. The van der Waals surface area contributed by atoms with Gasteiger partial charge < -0.3 is 46.2 Å². The van der Waals surface area contributed by atoms with Crippen molar-refractivity contribution in [2.24, 2.45) is 5.16 Å². The fourth-order valence-corrected chi connectivity index (χ4v) is 7.78. The molecule has 3 heterocycles. The van der Waals surface area contributed by atoms with E-state index in [4.69, 9.17) is 15.3 Å². The molecule has 2 aliphatic rings. The van der Waals surface area contributed by atoms with Crippen molar-refractivity contribution < 1.29 is 57.9 Å². The fourth-order valence-electron chi connectivity index (χ4n) is 4.36. The summed E-state index contributed by atoms with van der Waals surface area (Å²) in [7, 11) is -4.20. The summed E-state index contributed by atoms with van der Waals surface area (Å²) in [4.78, 5) is 47.9. The highest BCUT2D eigenvalue weighted by Crippen LogP contribution is 2.41. The number of sulfone groups is 1. The number of aromatic hydroxyl groups is 4. The molecule has 0 unspecified atom stereocenters. The van der Waals surface area contributed by atoms with Gasteiger partial charge in [-0.3, -0.25) is 14.5 Å². The predicted octanol–water partition coefficient (Wildman–Crippen LogP) is 1.25. The van der Waals surface area contributed by atoms with E-state index in [0.717, 1.165) is 46.2 Å². The Morgan fingerprint density at radius 2 is 1.78 bits per heavy atom. The van der Waals surface area contributed by atoms with Gasteiger partial charge in [-0.2, -0.15) is 0 Å². The van der Waals surface area contributed by atoms with Gasteiger partial charge in [-0.15, -0.1) is 23.1 Å². The van der Waals surface area contributed by atoms with Gasteiger partial charge in [0, 0.05) is 22.8 Å². The van der Waals surface area contributed by atoms with E-state index in [0.29, 0.717) is 5.56 Å². The van der Waals surface area contributed by atoms with E-state index in [2.05, 4.69) is 15.5 Å². The van der Waals surface area contributed by atoms with Crippen LogP contribution in [0.2, 0.25) is 0 Å². The van der Waals surface area contributed by atoms with Gasteiger partial charge in [0.25, 0.3) is 11.8 Å². The van der Waals surface area contributed by atoms with E-state index >= 15 is 0 Å². The predicted molar refractivity (Wildman–Crippen MR) is 161 cm³/mol. The number of thiazole rings is 1. The van der Waals surface area contributed by atoms with Gasteiger partial charge in [-0.25, -0.2) is 18.2 Å². The van der Waals surface area contributed by atoms with Crippen LogP contribution in [0.25, 0.3) is 0 Å². The number of thioether (sulfide) groups is 1. The van der Waals surface area contributed by atoms with Crippen LogP contribution in [0.15, 0.2) is 63.3 Å². The lowest BCUT2D eigenvalue weighted by molar-refractivity contribution is -0.148. The van der Waals surface area contributed by atoms with Crippen LogP contribution in [-0.4, -0.2) is 90.4 Å². The molecule has 2 atom stereocenters. The standard InChI is InChI=1S/C26H23N5O12S3/c27-25-28-14(9-45-25)19(30-42-7-11-1-3-15(32)17(34)5-11)21(36)29-20-22(37)31-23(43-26(38)39)12(8-44-24(20)31)10-46(40,41)13-2-4-16(33)18(35)6-13/h1-6,9,20,24,32-35H,7-8,10H2,(H2,27,28)(H,29,36)(H,38,39)/b30-19-/t20-,24-/m1/s1. The number of carbonyl (C=O) groups excluding carboxylic acids is 2. The highest BCUT2D eigenvalue weighted by molar-refractivity contribution is 8.00. The van der Waals surface area contributed by atoms with Crippen molar-refractivity contribution in [2.45, 2.75) is 22.9 Å². The zero-order valence-electron chi connectivity index (χ0n) is 23.1. The largest absolute Gasteiger partial charge is 0.512 e. The fraction of sp³-hybridized carbons (Fsp3) is 0.192. The topological polar surface area (TPSA) is 271 Å². The Balaban J connectivity index is 1.35. The number of nitrogen functional groups attached to an aromatic ring is 1. The molecule has 0 saturated carbocycles. The van der Waals surface area contributed by atoms with Crippen molar-refractivity contribution in [3.05, 3.63) is 64.5 Å². The molecule has 20 heteroatoms. The number of ether oxygens (including phenoxy) is 1. The Labute approximate surface area is 267 Å². The van der Waals surface area contributed by atoms with Crippen LogP contribution in [0, 0.1) is 0 Å². The third kappa shape index (κ3) is 6.57. The number of carboxylic acid groups (broad SMARTS) is 1. The van der Waals surface area contributed by atoms with Crippen LogP contribution in [0.5, 0.6) is 23.0 Å². The minimum absolute atomic E-state index is 0.0241. The number of aromatic nitrogens is 1. The molecule has 2 aromatic carbocycles. The number of nitrogens with one attached hydrogen (secondary N) is 1. The monoisotopic (exact) mass is 693 g/mol. The van der Waals surface area contributed by atoms with Gasteiger partial charge >= 0.3 is 6.16 Å². The third-order valence-corrected chi connectivity index (χ3v) is 10.3. The summed E-state index contributed by atoms with van der Waals surface area (Å²) in [6.45, 7) is -0.227. The maximum absolute atomic E-state index is 13.3. The molecular weight excluding hydrogens is 671 g/mol. The van der Waals surface area contributed by atoms with Crippen LogP contribution in [0.3, 0.4) is 0 Å². The zero-order chi connectivity index (χ0) is 33.3. The lowest BCUT2D eigenvalue weighted by atomic mass is 10.1. The molecule has 17 nitrogen and oxygen atoms in total. The molecule has 0 spiro atoms. The maximum atomic E-state index is 13.3. The van der Waals surface area contributed by atoms with Gasteiger partial charge in [0.05, 0.1) is 10.6 Å². The Bertz CT molecular complexity index is 1910.